The summed E-state index contributed by atoms with van der Waals surface area (Å²) in [6.07, 6.45) is 2.96. The topological polar surface area (TPSA) is 27.7 Å². The average Bonchev–Trinajstić information content (AvgIpc) is 2.37. The van der Waals surface area contributed by atoms with Crippen molar-refractivity contribution < 1.29 is 4.74 Å². The maximum atomic E-state index is 5.77. The number of nitrogens with one attached hydrogen (secondary N) is 1. The van der Waals surface area contributed by atoms with Crippen molar-refractivity contribution in [1.82, 2.24) is 15.1 Å². The SMILES string of the molecule is CCN1CCC(NCC2CN(C)CCO2)CC1. The largest absolute Gasteiger partial charge is 0.374 e. The van der Waals surface area contributed by atoms with E-state index in [4.69, 9.17) is 4.74 Å². The summed E-state index contributed by atoms with van der Waals surface area (Å²) in [4.78, 5) is 4.89. The second-order valence-electron chi connectivity index (χ2n) is 5.37. The lowest BCUT2D eigenvalue weighted by atomic mass is 10.0. The molecule has 0 bridgehead atoms. The highest BCUT2D eigenvalue weighted by molar-refractivity contribution is 4.79. The van der Waals surface area contributed by atoms with Crippen LogP contribution in [0.2, 0.25) is 0 Å². The van der Waals surface area contributed by atoms with Crippen molar-refractivity contribution in [3.05, 3.63) is 0 Å². The second kappa shape index (κ2) is 6.69. The molecule has 0 radical (unpaired) electrons. The fourth-order valence-electron chi connectivity index (χ4n) is 2.74. The van der Waals surface area contributed by atoms with Crippen LogP contribution in [-0.4, -0.2) is 74.9 Å². The number of piperidine rings is 1. The van der Waals surface area contributed by atoms with Crippen molar-refractivity contribution in [1.29, 1.82) is 0 Å². The van der Waals surface area contributed by atoms with Crippen molar-refractivity contribution >= 4 is 0 Å². The van der Waals surface area contributed by atoms with Crippen molar-refractivity contribution in [2.45, 2.75) is 31.9 Å². The number of morpholine rings is 1. The van der Waals surface area contributed by atoms with Crippen molar-refractivity contribution in [2.75, 3.05) is 52.9 Å². The van der Waals surface area contributed by atoms with Gasteiger partial charge in [-0.15, -0.1) is 0 Å². The van der Waals surface area contributed by atoms with Crippen LogP contribution in [0.3, 0.4) is 0 Å². The molecule has 2 fully saturated rings. The number of ether oxygens (including phenoxy) is 1. The molecule has 0 amide bonds. The first kappa shape index (κ1) is 13.3. The highest BCUT2D eigenvalue weighted by atomic mass is 16.5. The summed E-state index contributed by atoms with van der Waals surface area (Å²) < 4.78 is 5.77. The normalized spacial score (nSPS) is 29.6. The minimum atomic E-state index is 0.387. The minimum Gasteiger partial charge on any atom is -0.374 e. The fraction of sp³-hybridized carbons (Fsp3) is 1.00. The van der Waals surface area contributed by atoms with E-state index >= 15 is 0 Å². The van der Waals surface area contributed by atoms with Crippen LogP contribution in [0.1, 0.15) is 19.8 Å². The molecule has 4 heteroatoms. The van der Waals surface area contributed by atoms with Gasteiger partial charge in [0.1, 0.15) is 0 Å². The van der Waals surface area contributed by atoms with E-state index in [1.807, 2.05) is 0 Å². The maximum Gasteiger partial charge on any atom is 0.0826 e. The van der Waals surface area contributed by atoms with E-state index in [1.54, 1.807) is 0 Å². The molecule has 4 nitrogen and oxygen atoms in total. The third-order valence-electron chi connectivity index (χ3n) is 4.01. The molecule has 2 saturated heterocycles. The number of rotatable bonds is 4. The predicted molar refractivity (Wildman–Crippen MR) is 70.4 cm³/mol. The van der Waals surface area contributed by atoms with Gasteiger partial charge in [0, 0.05) is 25.7 Å². The van der Waals surface area contributed by atoms with Gasteiger partial charge in [0.2, 0.25) is 0 Å². The van der Waals surface area contributed by atoms with Gasteiger partial charge >= 0.3 is 0 Å². The zero-order chi connectivity index (χ0) is 12.1. The quantitative estimate of drug-likeness (QED) is 0.771. The number of hydrogen-bond acceptors (Lipinski definition) is 4. The van der Waals surface area contributed by atoms with Gasteiger partial charge in [-0.25, -0.2) is 0 Å². The third-order valence-corrected chi connectivity index (χ3v) is 4.01. The van der Waals surface area contributed by atoms with Gasteiger partial charge in [0.15, 0.2) is 0 Å². The lowest BCUT2D eigenvalue weighted by Gasteiger charge is -2.34. The molecule has 1 N–H and O–H groups in total. The van der Waals surface area contributed by atoms with Gasteiger partial charge < -0.3 is 19.9 Å². The summed E-state index contributed by atoms with van der Waals surface area (Å²) >= 11 is 0. The van der Waals surface area contributed by atoms with E-state index in [9.17, 15) is 0 Å². The van der Waals surface area contributed by atoms with Crippen LogP contribution in [-0.2, 0) is 4.74 Å². The third kappa shape index (κ3) is 4.21. The van der Waals surface area contributed by atoms with Crippen molar-refractivity contribution in [2.24, 2.45) is 0 Å². The lowest BCUT2D eigenvalue weighted by molar-refractivity contribution is -0.0201. The van der Waals surface area contributed by atoms with E-state index in [1.165, 1.54) is 32.5 Å². The van der Waals surface area contributed by atoms with Crippen LogP contribution >= 0.6 is 0 Å². The van der Waals surface area contributed by atoms with Crippen LogP contribution in [0.25, 0.3) is 0 Å². The number of hydrogen-bond donors (Lipinski definition) is 1. The monoisotopic (exact) mass is 241 g/mol. The molecule has 0 aromatic rings. The molecule has 1 unspecified atom stereocenters. The van der Waals surface area contributed by atoms with E-state index in [0.29, 0.717) is 12.1 Å². The Morgan fingerprint density at radius 1 is 1.24 bits per heavy atom. The highest BCUT2D eigenvalue weighted by Gasteiger charge is 2.21. The van der Waals surface area contributed by atoms with Gasteiger partial charge in [-0.1, -0.05) is 6.92 Å². The van der Waals surface area contributed by atoms with Crippen molar-refractivity contribution in [3.63, 3.8) is 0 Å². The molecular weight excluding hydrogens is 214 g/mol. The molecule has 2 aliphatic rings. The van der Waals surface area contributed by atoms with Crippen LogP contribution in [0.5, 0.6) is 0 Å². The summed E-state index contributed by atoms with van der Waals surface area (Å²) in [5, 5.41) is 3.68. The Bertz CT molecular complexity index is 217. The Kier molecular flexibility index (Phi) is 5.22. The highest BCUT2D eigenvalue weighted by Crippen LogP contribution is 2.10. The summed E-state index contributed by atoms with van der Waals surface area (Å²) in [5.74, 6) is 0. The first-order chi connectivity index (χ1) is 8.28. The Morgan fingerprint density at radius 3 is 2.65 bits per heavy atom. The number of likely N-dealkylation sites (N-methyl/N-ethyl adjacent to an activating group) is 1. The Morgan fingerprint density at radius 2 is 2.00 bits per heavy atom. The van der Waals surface area contributed by atoms with Crippen molar-refractivity contribution in [3.8, 4) is 0 Å². The van der Waals surface area contributed by atoms with E-state index in [-0.39, 0.29) is 0 Å². The summed E-state index contributed by atoms with van der Waals surface area (Å²) in [6, 6.07) is 0.702. The molecule has 0 saturated carbocycles. The molecule has 2 rings (SSSR count). The molecule has 0 spiro atoms. The van der Waals surface area contributed by atoms with Gasteiger partial charge in [0.05, 0.1) is 12.7 Å². The Hall–Kier alpha value is -0.160. The fourth-order valence-corrected chi connectivity index (χ4v) is 2.74. The van der Waals surface area contributed by atoms with E-state index in [2.05, 4.69) is 29.1 Å². The molecular formula is C13H27N3O. The summed E-state index contributed by atoms with van der Waals surface area (Å²) in [6.45, 7) is 9.99. The van der Waals surface area contributed by atoms with Crippen LogP contribution in [0, 0.1) is 0 Å². The Balaban J connectivity index is 1.62. The standard InChI is InChI=1S/C13H27N3O/c1-3-16-6-4-12(5-7-16)14-10-13-11-15(2)8-9-17-13/h12-14H,3-11H2,1-2H3. The maximum absolute atomic E-state index is 5.77. The summed E-state index contributed by atoms with van der Waals surface area (Å²) in [5.41, 5.74) is 0. The first-order valence-electron chi connectivity index (χ1n) is 7.04. The molecule has 2 heterocycles. The van der Waals surface area contributed by atoms with Gasteiger partial charge in [-0.3, -0.25) is 0 Å². The Labute approximate surface area is 105 Å². The average molecular weight is 241 g/mol. The predicted octanol–water partition coefficient (Wildman–Crippen LogP) is 0.391. The molecule has 0 aromatic carbocycles. The zero-order valence-corrected chi connectivity index (χ0v) is 11.3. The van der Waals surface area contributed by atoms with E-state index < -0.39 is 0 Å². The first-order valence-corrected chi connectivity index (χ1v) is 7.04. The van der Waals surface area contributed by atoms with Gasteiger partial charge in [-0.05, 0) is 39.5 Å². The molecule has 17 heavy (non-hydrogen) atoms. The molecule has 1 atom stereocenters. The minimum absolute atomic E-state index is 0.387. The number of likely N-dealkylation sites (tertiary alicyclic amines) is 1. The van der Waals surface area contributed by atoms with Gasteiger partial charge in [0.25, 0.3) is 0 Å². The molecule has 0 aliphatic carbocycles. The lowest BCUT2D eigenvalue weighted by Crippen LogP contribution is -2.49. The second-order valence-corrected chi connectivity index (χ2v) is 5.37. The van der Waals surface area contributed by atoms with Crippen LogP contribution in [0.15, 0.2) is 0 Å². The molecule has 0 aromatic heterocycles. The zero-order valence-electron chi connectivity index (χ0n) is 11.3. The van der Waals surface area contributed by atoms with Crippen LogP contribution in [0.4, 0.5) is 0 Å². The van der Waals surface area contributed by atoms with Crippen LogP contribution < -0.4 is 5.32 Å². The smallest absolute Gasteiger partial charge is 0.0826 e. The van der Waals surface area contributed by atoms with E-state index in [0.717, 1.165) is 26.2 Å². The summed E-state index contributed by atoms with van der Waals surface area (Å²) in [7, 11) is 2.18. The molecule has 100 valence electrons. The number of nitrogens with zero attached hydrogens (tertiary/aromatic N) is 2. The molecule has 2 aliphatic heterocycles. The van der Waals surface area contributed by atoms with Gasteiger partial charge in [-0.2, -0.15) is 0 Å².